The van der Waals surface area contributed by atoms with Crippen LogP contribution in [0.5, 0.6) is 11.5 Å². The van der Waals surface area contributed by atoms with Crippen LogP contribution < -0.4 is 20.5 Å². The summed E-state index contributed by atoms with van der Waals surface area (Å²) in [5, 5.41) is 14.2. The van der Waals surface area contributed by atoms with Gasteiger partial charge in [-0.2, -0.15) is 0 Å². The second-order valence-electron chi connectivity index (χ2n) is 9.78. The van der Waals surface area contributed by atoms with Crippen molar-refractivity contribution in [3.05, 3.63) is 75.3 Å². The van der Waals surface area contributed by atoms with E-state index in [0.717, 1.165) is 49.7 Å². The number of nitrogens with zero attached hydrogens (tertiary/aromatic N) is 1. The lowest BCUT2D eigenvalue weighted by Gasteiger charge is -2.36. The molecule has 1 amide bonds. The van der Waals surface area contributed by atoms with Crippen LogP contribution in [0.2, 0.25) is 0 Å². The number of nitrogen functional groups attached to an aromatic ring is 1. The zero-order valence-corrected chi connectivity index (χ0v) is 23.0. The average molecular weight is 549 g/mol. The molecule has 5 N–H and O–H groups in total. The highest BCUT2D eigenvalue weighted by Crippen LogP contribution is 2.37. The summed E-state index contributed by atoms with van der Waals surface area (Å²) in [6.07, 6.45) is 0.714. The molecule has 2 aromatic heterocycles. The minimum absolute atomic E-state index is 0.0969. The summed E-state index contributed by atoms with van der Waals surface area (Å²) >= 11 is 1.33. The molecule has 1 unspecified atom stereocenters. The van der Waals surface area contributed by atoms with Gasteiger partial charge in [0.1, 0.15) is 16.5 Å². The maximum absolute atomic E-state index is 13.2. The topological polar surface area (TPSA) is 130 Å². The smallest absolute Gasteiger partial charge is 0.338 e. The molecule has 204 valence electrons. The van der Waals surface area contributed by atoms with Gasteiger partial charge in [0.25, 0.3) is 0 Å². The van der Waals surface area contributed by atoms with Crippen molar-refractivity contribution in [1.29, 1.82) is 0 Å². The van der Waals surface area contributed by atoms with Crippen LogP contribution in [0, 0.1) is 6.92 Å². The number of carboxylic acids is 1. The number of fused-ring (bicyclic) bond motifs is 2. The molecule has 39 heavy (non-hydrogen) atoms. The number of anilines is 1. The van der Waals surface area contributed by atoms with Gasteiger partial charge >= 0.3 is 5.97 Å². The minimum Gasteiger partial charge on any atom is -0.497 e. The molecule has 1 aliphatic heterocycles. The Morgan fingerprint density at radius 1 is 1.15 bits per heavy atom. The normalized spacial score (nSPS) is 15.2. The van der Waals surface area contributed by atoms with Gasteiger partial charge in [-0.3, -0.25) is 9.69 Å². The number of carbonyl (C=O) groups is 2. The number of ether oxygens (including phenoxy) is 2. The first-order valence-electron chi connectivity index (χ1n) is 12.7. The SMILES string of the molecule is COc1ccc(CN2Cc3sc(N)c(C(=O)O)c3CC2CNC(=O)Cc2c(C)[nH]c3ccc(OC)cc23)cc1. The molecule has 1 atom stereocenters. The third-order valence-corrected chi connectivity index (χ3v) is 8.42. The lowest BCUT2D eigenvalue weighted by atomic mass is 9.95. The Hall–Kier alpha value is -4.02. The molecule has 0 saturated carbocycles. The fraction of sp³-hybridized carbons (Fsp3) is 0.310. The molecular formula is C29H32N4O5S. The number of amides is 1. The van der Waals surface area contributed by atoms with Gasteiger partial charge in [-0.05, 0) is 60.4 Å². The summed E-state index contributed by atoms with van der Waals surface area (Å²) in [4.78, 5) is 31.7. The van der Waals surface area contributed by atoms with Crippen LogP contribution in [0.3, 0.4) is 0 Å². The number of nitrogens with one attached hydrogen (secondary N) is 2. The molecule has 0 fully saturated rings. The first kappa shape index (κ1) is 26.6. The van der Waals surface area contributed by atoms with Crippen molar-refractivity contribution in [3.8, 4) is 11.5 Å². The van der Waals surface area contributed by atoms with Gasteiger partial charge in [-0.1, -0.05) is 12.1 Å². The molecule has 4 aromatic rings. The van der Waals surface area contributed by atoms with Crippen LogP contribution in [0.1, 0.15) is 37.6 Å². The van der Waals surface area contributed by atoms with Gasteiger partial charge in [0.2, 0.25) is 5.91 Å². The number of rotatable bonds is 9. The van der Waals surface area contributed by atoms with Gasteiger partial charge in [0, 0.05) is 47.2 Å². The van der Waals surface area contributed by atoms with Crippen LogP contribution >= 0.6 is 11.3 Å². The summed E-state index contributed by atoms with van der Waals surface area (Å²) in [7, 11) is 3.26. The molecule has 5 rings (SSSR count). The molecule has 10 heteroatoms. The van der Waals surface area contributed by atoms with Gasteiger partial charge in [0.05, 0.1) is 26.2 Å². The first-order valence-corrected chi connectivity index (χ1v) is 13.5. The fourth-order valence-electron chi connectivity index (χ4n) is 5.31. The third kappa shape index (κ3) is 5.43. The quantitative estimate of drug-likeness (QED) is 0.248. The Morgan fingerprint density at radius 2 is 1.87 bits per heavy atom. The van der Waals surface area contributed by atoms with Gasteiger partial charge in [-0.25, -0.2) is 4.79 Å². The number of carboxylic acid groups (broad SMARTS) is 1. The molecule has 1 aliphatic rings. The Morgan fingerprint density at radius 3 is 2.56 bits per heavy atom. The predicted octanol–water partition coefficient (Wildman–Crippen LogP) is 4.12. The number of carbonyl (C=O) groups excluding carboxylic acids is 1. The molecule has 0 spiro atoms. The van der Waals surface area contributed by atoms with Crippen molar-refractivity contribution in [2.75, 3.05) is 26.5 Å². The number of hydrogen-bond acceptors (Lipinski definition) is 7. The van der Waals surface area contributed by atoms with E-state index in [-0.39, 0.29) is 23.9 Å². The third-order valence-electron chi connectivity index (χ3n) is 7.38. The molecule has 0 radical (unpaired) electrons. The molecule has 0 aliphatic carbocycles. The van der Waals surface area contributed by atoms with E-state index in [1.54, 1.807) is 14.2 Å². The zero-order valence-electron chi connectivity index (χ0n) is 22.2. The summed E-state index contributed by atoms with van der Waals surface area (Å²) < 4.78 is 10.7. The second-order valence-corrected chi connectivity index (χ2v) is 10.9. The van der Waals surface area contributed by atoms with Gasteiger partial charge in [-0.15, -0.1) is 11.3 Å². The number of aromatic amines is 1. The summed E-state index contributed by atoms with van der Waals surface area (Å²) in [5.74, 6) is 0.410. The van der Waals surface area contributed by atoms with E-state index in [2.05, 4.69) is 15.2 Å². The standard InChI is InChI=1S/C29H32N4O5S/c1-16-21(22-11-20(38-3)8-9-24(22)32-16)12-26(34)31-13-18-10-23-25(39-28(30)27(23)29(35)36)15-33(18)14-17-4-6-19(37-2)7-5-17/h4-9,11,18,32H,10,12-15,30H2,1-3H3,(H,31,34)(H,35,36). The number of benzene rings is 2. The largest absolute Gasteiger partial charge is 0.497 e. The van der Waals surface area contributed by atoms with Crippen LogP contribution in [0.4, 0.5) is 5.00 Å². The van der Waals surface area contributed by atoms with Crippen molar-refractivity contribution in [2.24, 2.45) is 0 Å². The summed E-state index contributed by atoms with van der Waals surface area (Å²) in [5.41, 5.74) is 11.0. The number of aryl methyl sites for hydroxylation is 1. The maximum Gasteiger partial charge on any atom is 0.338 e. The number of aromatic nitrogens is 1. The van der Waals surface area contributed by atoms with Gasteiger partial charge in [0.15, 0.2) is 0 Å². The minimum atomic E-state index is -1.01. The Balaban J connectivity index is 1.35. The number of aromatic carboxylic acids is 1. The number of methoxy groups -OCH3 is 2. The van der Waals surface area contributed by atoms with E-state index >= 15 is 0 Å². The van der Waals surface area contributed by atoms with Crippen LogP contribution in [0.15, 0.2) is 42.5 Å². The number of nitrogens with two attached hydrogens (primary N) is 1. The lowest BCUT2D eigenvalue weighted by Crippen LogP contribution is -2.47. The number of hydrogen-bond donors (Lipinski definition) is 4. The highest BCUT2D eigenvalue weighted by Gasteiger charge is 2.33. The van der Waals surface area contributed by atoms with Crippen LogP contribution in [-0.4, -0.2) is 53.7 Å². The van der Waals surface area contributed by atoms with Crippen LogP contribution in [0.25, 0.3) is 10.9 Å². The Kier molecular flexibility index (Phi) is 7.49. The monoisotopic (exact) mass is 548 g/mol. The fourth-order valence-corrected chi connectivity index (χ4v) is 6.43. The average Bonchev–Trinajstić information content (AvgIpc) is 3.41. The van der Waals surface area contributed by atoms with Gasteiger partial charge < -0.3 is 30.6 Å². The molecule has 0 saturated heterocycles. The van der Waals surface area contributed by atoms with E-state index in [4.69, 9.17) is 15.2 Å². The Labute approximate surface area is 230 Å². The number of thiophene rings is 1. The van der Waals surface area contributed by atoms with Crippen molar-refractivity contribution in [3.63, 3.8) is 0 Å². The predicted molar refractivity (Wildman–Crippen MR) is 152 cm³/mol. The van der Waals surface area contributed by atoms with E-state index in [1.807, 2.05) is 49.4 Å². The van der Waals surface area contributed by atoms with E-state index in [0.29, 0.717) is 31.1 Å². The van der Waals surface area contributed by atoms with Crippen LogP contribution in [-0.2, 0) is 30.7 Å². The number of H-pyrrole nitrogens is 1. The van der Waals surface area contributed by atoms with E-state index in [9.17, 15) is 14.7 Å². The van der Waals surface area contributed by atoms with Crippen molar-refractivity contribution >= 4 is 39.1 Å². The molecular weight excluding hydrogens is 516 g/mol. The van der Waals surface area contributed by atoms with Crippen molar-refractivity contribution < 1.29 is 24.2 Å². The first-order chi connectivity index (χ1) is 18.8. The maximum atomic E-state index is 13.2. The van der Waals surface area contributed by atoms with Crippen molar-refractivity contribution in [1.82, 2.24) is 15.2 Å². The molecule has 0 bridgehead atoms. The molecule has 2 aromatic carbocycles. The highest BCUT2D eigenvalue weighted by atomic mass is 32.1. The second kappa shape index (κ2) is 11.0. The van der Waals surface area contributed by atoms with E-state index in [1.165, 1.54) is 11.3 Å². The van der Waals surface area contributed by atoms with Crippen molar-refractivity contribution in [2.45, 2.75) is 38.9 Å². The highest BCUT2D eigenvalue weighted by molar-refractivity contribution is 7.16. The lowest BCUT2D eigenvalue weighted by molar-refractivity contribution is -0.120. The Bertz CT molecular complexity index is 1520. The van der Waals surface area contributed by atoms with E-state index < -0.39 is 5.97 Å². The zero-order chi connectivity index (χ0) is 27.7. The molecule has 9 nitrogen and oxygen atoms in total. The molecule has 3 heterocycles. The summed E-state index contributed by atoms with van der Waals surface area (Å²) in [6, 6.07) is 13.6. The summed E-state index contributed by atoms with van der Waals surface area (Å²) in [6.45, 7) is 3.55.